The van der Waals surface area contributed by atoms with Crippen molar-refractivity contribution in [1.29, 1.82) is 0 Å². The van der Waals surface area contributed by atoms with Crippen LogP contribution in [0, 0.1) is 5.82 Å². The molecule has 154 valence electrons. The summed E-state index contributed by atoms with van der Waals surface area (Å²) in [7, 11) is 0. The summed E-state index contributed by atoms with van der Waals surface area (Å²) in [6.45, 7) is 3.23. The number of amides is 2. The molecule has 2 aliphatic rings. The first-order valence-corrected chi connectivity index (χ1v) is 9.97. The zero-order chi connectivity index (χ0) is 20.7. The topological polar surface area (TPSA) is 78.7 Å². The minimum atomic E-state index is -0.606. The van der Waals surface area contributed by atoms with Crippen LogP contribution in [0.3, 0.4) is 0 Å². The van der Waals surface area contributed by atoms with Gasteiger partial charge in [-0.3, -0.25) is 14.3 Å². The van der Waals surface area contributed by atoms with Gasteiger partial charge in [0.05, 0.1) is 54.6 Å². The molecule has 2 aliphatic heterocycles. The number of aliphatic hydroxyl groups excluding tert-OH is 1. The number of aromatic nitrogens is 2. The number of nitrogens with zero attached hydrogens (tertiary/aromatic N) is 4. The Morgan fingerprint density at radius 3 is 2.93 bits per heavy atom. The van der Waals surface area contributed by atoms with Crippen LogP contribution in [-0.2, 0) is 29.1 Å². The molecular formula is C20H22ClFN4O3. The van der Waals surface area contributed by atoms with Crippen LogP contribution in [0.15, 0.2) is 24.4 Å². The lowest BCUT2D eigenvalue weighted by Crippen LogP contribution is -2.47. The van der Waals surface area contributed by atoms with Gasteiger partial charge in [0.25, 0.3) is 0 Å². The third-order valence-electron chi connectivity index (χ3n) is 5.56. The SMILES string of the molecule is C[C@H]1Cn2ncc(N3CCC(O)CC3=O)c2CN1C(=O)Cc1ccc(F)c(Cl)c1. The maximum absolute atomic E-state index is 13.4. The van der Waals surface area contributed by atoms with E-state index in [0.29, 0.717) is 37.3 Å². The predicted octanol–water partition coefficient (Wildman–Crippen LogP) is 2.14. The van der Waals surface area contributed by atoms with Crippen LogP contribution < -0.4 is 4.90 Å². The fourth-order valence-corrected chi connectivity index (χ4v) is 4.15. The molecule has 2 aromatic rings. The average Bonchev–Trinajstić information content (AvgIpc) is 3.06. The summed E-state index contributed by atoms with van der Waals surface area (Å²) in [5, 5.41) is 14.1. The first-order valence-electron chi connectivity index (χ1n) is 9.60. The number of benzene rings is 1. The Labute approximate surface area is 172 Å². The third-order valence-corrected chi connectivity index (χ3v) is 5.85. The van der Waals surface area contributed by atoms with Crippen molar-refractivity contribution in [3.63, 3.8) is 0 Å². The van der Waals surface area contributed by atoms with Gasteiger partial charge in [-0.1, -0.05) is 17.7 Å². The van der Waals surface area contributed by atoms with Crippen LogP contribution in [-0.4, -0.2) is 50.3 Å². The Balaban J connectivity index is 1.54. The summed E-state index contributed by atoms with van der Waals surface area (Å²) >= 11 is 5.83. The van der Waals surface area contributed by atoms with Gasteiger partial charge in [0.1, 0.15) is 5.82 Å². The molecule has 1 fully saturated rings. The van der Waals surface area contributed by atoms with Crippen LogP contribution in [0.2, 0.25) is 5.02 Å². The Kier molecular flexibility index (Phi) is 5.31. The van der Waals surface area contributed by atoms with E-state index in [4.69, 9.17) is 11.6 Å². The van der Waals surface area contributed by atoms with Crippen molar-refractivity contribution in [2.45, 2.75) is 51.4 Å². The molecule has 1 aromatic heterocycles. The highest BCUT2D eigenvalue weighted by Gasteiger charge is 2.33. The number of rotatable bonds is 3. The van der Waals surface area contributed by atoms with E-state index in [2.05, 4.69) is 5.10 Å². The molecule has 0 spiro atoms. The van der Waals surface area contributed by atoms with Gasteiger partial charge in [-0.25, -0.2) is 4.39 Å². The van der Waals surface area contributed by atoms with E-state index in [-0.39, 0.29) is 35.7 Å². The maximum atomic E-state index is 13.4. The summed E-state index contributed by atoms with van der Waals surface area (Å²) in [6.07, 6.45) is 1.77. The molecular weight excluding hydrogens is 399 g/mol. The van der Waals surface area contributed by atoms with Gasteiger partial charge < -0.3 is 14.9 Å². The van der Waals surface area contributed by atoms with Gasteiger partial charge >= 0.3 is 0 Å². The van der Waals surface area contributed by atoms with Crippen molar-refractivity contribution in [1.82, 2.24) is 14.7 Å². The van der Waals surface area contributed by atoms with Crippen LogP contribution >= 0.6 is 11.6 Å². The monoisotopic (exact) mass is 420 g/mol. The smallest absolute Gasteiger partial charge is 0.229 e. The van der Waals surface area contributed by atoms with Crippen LogP contribution in [0.1, 0.15) is 31.0 Å². The molecule has 4 rings (SSSR count). The summed E-state index contributed by atoms with van der Waals surface area (Å²) in [6, 6.07) is 4.21. The lowest BCUT2D eigenvalue weighted by atomic mass is 10.1. The standard InChI is InChI=1S/C20H22ClFN4O3/c1-12-10-26-18(17(9-23-26)24-5-4-14(27)8-20(24)29)11-25(12)19(28)7-13-2-3-16(22)15(21)6-13/h2-3,6,9,12,14,27H,4-5,7-8,10-11H2,1H3/t12-,14?/m0/s1. The lowest BCUT2D eigenvalue weighted by molar-refractivity contribution is -0.134. The Morgan fingerprint density at radius 2 is 2.21 bits per heavy atom. The molecule has 1 N–H and O–H groups in total. The number of fused-ring (bicyclic) bond motifs is 1. The van der Waals surface area contributed by atoms with Gasteiger partial charge in [-0.15, -0.1) is 0 Å². The molecule has 1 aromatic carbocycles. The second kappa shape index (κ2) is 7.76. The molecule has 3 heterocycles. The summed E-state index contributed by atoms with van der Waals surface area (Å²) < 4.78 is 15.2. The van der Waals surface area contributed by atoms with Gasteiger partial charge in [0.2, 0.25) is 11.8 Å². The average molecular weight is 421 g/mol. The molecule has 2 amide bonds. The van der Waals surface area contributed by atoms with Gasteiger partial charge in [-0.05, 0) is 31.0 Å². The van der Waals surface area contributed by atoms with Gasteiger partial charge in [0, 0.05) is 12.6 Å². The second-order valence-corrected chi connectivity index (χ2v) is 8.05. The molecule has 1 saturated heterocycles. The molecule has 9 heteroatoms. The molecule has 7 nitrogen and oxygen atoms in total. The quantitative estimate of drug-likeness (QED) is 0.825. The minimum Gasteiger partial charge on any atom is -0.393 e. The van der Waals surface area contributed by atoms with E-state index in [1.807, 2.05) is 11.6 Å². The maximum Gasteiger partial charge on any atom is 0.229 e. The molecule has 0 saturated carbocycles. The highest BCUT2D eigenvalue weighted by molar-refractivity contribution is 6.30. The van der Waals surface area contributed by atoms with Crippen LogP contribution in [0.5, 0.6) is 0 Å². The first kappa shape index (κ1) is 19.8. The van der Waals surface area contributed by atoms with Crippen molar-refractivity contribution in [3.8, 4) is 0 Å². The highest BCUT2D eigenvalue weighted by atomic mass is 35.5. The third kappa shape index (κ3) is 3.86. The summed E-state index contributed by atoms with van der Waals surface area (Å²) in [5.41, 5.74) is 2.14. The van der Waals surface area contributed by atoms with Gasteiger partial charge in [0.15, 0.2) is 0 Å². The normalized spacial score (nSPS) is 22.0. The van der Waals surface area contributed by atoms with E-state index < -0.39 is 11.9 Å². The zero-order valence-corrected chi connectivity index (χ0v) is 16.8. The van der Waals surface area contributed by atoms with E-state index in [9.17, 15) is 19.1 Å². The second-order valence-electron chi connectivity index (χ2n) is 7.65. The number of anilines is 1. The number of halogens is 2. The van der Waals surface area contributed by atoms with Crippen molar-refractivity contribution < 1.29 is 19.1 Å². The molecule has 29 heavy (non-hydrogen) atoms. The van der Waals surface area contributed by atoms with Crippen molar-refractivity contribution in [2.75, 3.05) is 11.4 Å². The number of carbonyl (C=O) groups is 2. The predicted molar refractivity (Wildman–Crippen MR) is 105 cm³/mol. The van der Waals surface area contributed by atoms with E-state index in [0.717, 1.165) is 5.69 Å². The fraction of sp³-hybridized carbons (Fsp3) is 0.450. The molecule has 2 atom stereocenters. The summed E-state index contributed by atoms with van der Waals surface area (Å²) in [5.74, 6) is -0.755. The van der Waals surface area contributed by atoms with Crippen molar-refractivity contribution >= 4 is 29.1 Å². The molecule has 1 unspecified atom stereocenters. The zero-order valence-electron chi connectivity index (χ0n) is 16.0. The highest BCUT2D eigenvalue weighted by Crippen LogP contribution is 2.30. The number of carbonyl (C=O) groups excluding carboxylic acids is 2. The number of piperidine rings is 1. The fourth-order valence-electron chi connectivity index (χ4n) is 3.94. The van der Waals surface area contributed by atoms with Gasteiger partial charge in [-0.2, -0.15) is 5.10 Å². The number of hydrogen-bond acceptors (Lipinski definition) is 4. The molecule has 0 bridgehead atoms. The Hall–Kier alpha value is -2.45. The first-order chi connectivity index (χ1) is 13.8. The lowest BCUT2D eigenvalue weighted by Gasteiger charge is -2.36. The summed E-state index contributed by atoms with van der Waals surface area (Å²) in [4.78, 5) is 28.7. The Morgan fingerprint density at radius 1 is 1.41 bits per heavy atom. The number of aliphatic hydroxyl groups is 1. The minimum absolute atomic E-state index is 0.00634. The van der Waals surface area contributed by atoms with Crippen LogP contribution in [0.25, 0.3) is 0 Å². The Bertz CT molecular complexity index is 963. The van der Waals surface area contributed by atoms with Crippen molar-refractivity contribution in [3.05, 3.63) is 46.5 Å². The van der Waals surface area contributed by atoms with E-state index in [1.165, 1.54) is 12.1 Å². The largest absolute Gasteiger partial charge is 0.393 e. The van der Waals surface area contributed by atoms with E-state index in [1.54, 1.807) is 22.1 Å². The van der Waals surface area contributed by atoms with E-state index >= 15 is 0 Å². The van der Waals surface area contributed by atoms with Crippen molar-refractivity contribution in [2.24, 2.45) is 0 Å². The van der Waals surface area contributed by atoms with Crippen LogP contribution in [0.4, 0.5) is 10.1 Å². The molecule has 0 radical (unpaired) electrons. The molecule has 0 aliphatic carbocycles. The number of hydrogen-bond donors (Lipinski definition) is 1.